The molecular formula is C15H16ClNO. The Morgan fingerprint density at radius 3 is 3.00 bits per heavy atom. The van der Waals surface area contributed by atoms with Crippen molar-refractivity contribution in [2.24, 2.45) is 0 Å². The normalized spacial score (nSPS) is 19.9. The molecule has 0 spiro atoms. The molecule has 1 aliphatic rings. The monoisotopic (exact) mass is 261 g/mol. The summed E-state index contributed by atoms with van der Waals surface area (Å²) in [5.41, 5.74) is 0. The molecule has 1 aliphatic heterocycles. The van der Waals surface area contributed by atoms with E-state index in [1.165, 1.54) is 11.8 Å². The van der Waals surface area contributed by atoms with E-state index in [1.807, 2.05) is 30.3 Å². The van der Waals surface area contributed by atoms with Crippen LogP contribution in [0.25, 0.3) is 10.8 Å². The number of piperidine rings is 1. The Balaban J connectivity index is 1.92. The van der Waals surface area contributed by atoms with Crippen molar-refractivity contribution >= 4 is 22.4 Å². The van der Waals surface area contributed by atoms with E-state index < -0.39 is 0 Å². The van der Waals surface area contributed by atoms with Crippen molar-refractivity contribution in [2.45, 2.75) is 18.9 Å². The molecule has 1 fully saturated rings. The molecule has 0 amide bonds. The number of nitrogens with one attached hydrogen (secondary N) is 1. The molecule has 0 unspecified atom stereocenters. The van der Waals surface area contributed by atoms with Gasteiger partial charge in [0.1, 0.15) is 11.9 Å². The van der Waals surface area contributed by atoms with Gasteiger partial charge in [0.05, 0.1) is 0 Å². The van der Waals surface area contributed by atoms with Gasteiger partial charge in [0.25, 0.3) is 0 Å². The van der Waals surface area contributed by atoms with Gasteiger partial charge in [-0.25, -0.2) is 0 Å². The highest BCUT2D eigenvalue weighted by atomic mass is 35.5. The number of ether oxygens (including phenoxy) is 1. The topological polar surface area (TPSA) is 21.3 Å². The maximum Gasteiger partial charge on any atom is 0.127 e. The molecule has 94 valence electrons. The minimum Gasteiger partial charge on any atom is -0.488 e. The van der Waals surface area contributed by atoms with Gasteiger partial charge in [0.2, 0.25) is 0 Å². The average Bonchev–Trinajstić information content (AvgIpc) is 2.41. The van der Waals surface area contributed by atoms with E-state index in [1.54, 1.807) is 0 Å². The number of hydrogen-bond donors (Lipinski definition) is 1. The third kappa shape index (κ3) is 2.45. The Morgan fingerprint density at radius 2 is 2.17 bits per heavy atom. The van der Waals surface area contributed by atoms with Gasteiger partial charge in [-0.15, -0.1) is 0 Å². The lowest BCUT2D eigenvalue weighted by Gasteiger charge is -2.24. The van der Waals surface area contributed by atoms with E-state index in [0.717, 1.165) is 35.7 Å². The lowest BCUT2D eigenvalue weighted by molar-refractivity contribution is 0.169. The van der Waals surface area contributed by atoms with Gasteiger partial charge in [-0.3, -0.25) is 0 Å². The fourth-order valence-corrected chi connectivity index (χ4v) is 2.59. The van der Waals surface area contributed by atoms with Gasteiger partial charge in [-0.1, -0.05) is 29.8 Å². The zero-order valence-electron chi connectivity index (χ0n) is 10.2. The van der Waals surface area contributed by atoms with Crippen LogP contribution in [-0.2, 0) is 0 Å². The number of rotatable bonds is 2. The summed E-state index contributed by atoms with van der Waals surface area (Å²) >= 11 is 6.07. The molecule has 2 nitrogen and oxygen atoms in total. The van der Waals surface area contributed by atoms with Crippen LogP contribution < -0.4 is 10.1 Å². The van der Waals surface area contributed by atoms with Crippen molar-refractivity contribution < 1.29 is 4.74 Å². The van der Waals surface area contributed by atoms with Gasteiger partial charge in [0.15, 0.2) is 0 Å². The van der Waals surface area contributed by atoms with Crippen LogP contribution in [0.2, 0.25) is 5.02 Å². The van der Waals surface area contributed by atoms with Crippen LogP contribution in [0, 0.1) is 0 Å². The van der Waals surface area contributed by atoms with Crippen LogP contribution >= 0.6 is 11.6 Å². The standard InChI is InChI=1S/C15H16ClNO/c16-12-7-6-11-3-1-5-15(14(11)9-12)18-13-4-2-8-17-10-13/h1,3,5-7,9,13,17H,2,4,8,10H2/t13-/m1/s1. The predicted octanol–water partition coefficient (Wildman–Crippen LogP) is 3.62. The van der Waals surface area contributed by atoms with Crippen molar-refractivity contribution in [3.63, 3.8) is 0 Å². The summed E-state index contributed by atoms with van der Waals surface area (Å²) in [6.07, 6.45) is 2.56. The van der Waals surface area contributed by atoms with Crippen molar-refractivity contribution in [3.8, 4) is 5.75 Å². The SMILES string of the molecule is Clc1ccc2cccc(O[C@@H]3CCCNC3)c2c1. The van der Waals surface area contributed by atoms with Gasteiger partial charge in [-0.05, 0) is 43.0 Å². The Labute approximate surface area is 112 Å². The minimum absolute atomic E-state index is 0.267. The molecule has 0 aliphatic carbocycles. The molecule has 1 heterocycles. The summed E-state index contributed by atoms with van der Waals surface area (Å²) in [7, 11) is 0. The lowest BCUT2D eigenvalue weighted by Crippen LogP contribution is -2.37. The molecule has 3 rings (SSSR count). The van der Waals surface area contributed by atoms with Crippen LogP contribution in [0.5, 0.6) is 5.75 Å². The van der Waals surface area contributed by atoms with Gasteiger partial charge >= 0.3 is 0 Å². The summed E-state index contributed by atoms with van der Waals surface area (Å²) in [4.78, 5) is 0. The van der Waals surface area contributed by atoms with Gasteiger partial charge in [0, 0.05) is 17.0 Å². The molecular weight excluding hydrogens is 246 g/mol. The molecule has 2 aromatic rings. The minimum atomic E-state index is 0.267. The number of fused-ring (bicyclic) bond motifs is 1. The molecule has 0 bridgehead atoms. The second kappa shape index (κ2) is 5.17. The highest BCUT2D eigenvalue weighted by molar-refractivity contribution is 6.31. The molecule has 2 aromatic carbocycles. The summed E-state index contributed by atoms with van der Waals surface area (Å²) in [5, 5.41) is 6.37. The highest BCUT2D eigenvalue weighted by Crippen LogP contribution is 2.29. The zero-order chi connectivity index (χ0) is 12.4. The molecule has 1 saturated heterocycles. The lowest BCUT2D eigenvalue weighted by atomic mass is 10.1. The van der Waals surface area contributed by atoms with E-state index in [2.05, 4.69) is 11.4 Å². The largest absolute Gasteiger partial charge is 0.488 e. The fourth-order valence-electron chi connectivity index (χ4n) is 2.42. The zero-order valence-corrected chi connectivity index (χ0v) is 10.9. The predicted molar refractivity (Wildman–Crippen MR) is 75.5 cm³/mol. The van der Waals surface area contributed by atoms with Crippen molar-refractivity contribution in [3.05, 3.63) is 41.4 Å². The quantitative estimate of drug-likeness (QED) is 0.892. The Kier molecular flexibility index (Phi) is 3.39. The smallest absolute Gasteiger partial charge is 0.127 e. The third-order valence-corrected chi connectivity index (χ3v) is 3.58. The summed E-state index contributed by atoms with van der Waals surface area (Å²) in [5.74, 6) is 0.934. The van der Waals surface area contributed by atoms with Gasteiger partial charge < -0.3 is 10.1 Å². The van der Waals surface area contributed by atoms with E-state index in [9.17, 15) is 0 Å². The van der Waals surface area contributed by atoms with E-state index in [0.29, 0.717) is 0 Å². The van der Waals surface area contributed by atoms with Crippen molar-refractivity contribution in [1.82, 2.24) is 5.32 Å². The first-order valence-electron chi connectivity index (χ1n) is 6.38. The first-order valence-corrected chi connectivity index (χ1v) is 6.76. The fraction of sp³-hybridized carbons (Fsp3) is 0.333. The third-order valence-electron chi connectivity index (χ3n) is 3.35. The summed E-state index contributed by atoms with van der Waals surface area (Å²) in [6, 6.07) is 12.1. The molecule has 0 radical (unpaired) electrons. The maximum atomic E-state index is 6.10. The number of halogens is 1. The Morgan fingerprint density at radius 1 is 1.22 bits per heavy atom. The molecule has 1 atom stereocenters. The molecule has 1 N–H and O–H groups in total. The van der Waals surface area contributed by atoms with E-state index in [4.69, 9.17) is 16.3 Å². The number of benzene rings is 2. The second-order valence-electron chi connectivity index (χ2n) is 4.71. The molecule has 0 aromatic heterocycles. The Bertz CT molecular complexity index is 549. The van der Waals surface area contributed by atoms with Crippen LogP contribution in [-0.4, -0.2) is 19.2 Å². The highest BCUT2D eigenvalue weighted by Gasteiger charge is 2.15. The van der Waals surface area contributed by atoms with Crippen LogP contribution in [0.1, 0.15) is 12.8 Å². The van der Waals surface area contributed by atoms with E-state index >= 15 is 0 Å². The number of hydrogen-bond acceptors (Lipinski definition) is 2. The molecule has 3 heteroatoms. The maximum absolute atomic E-state index is 6.10. The van der Waals surface area contributed by atoms with Crippen LogP contribution in [0.15, 0.2) is 36.4 Å². The van der Waals surface area contributed by atoms with Crippen LogP contribution in [0.4, 0.5) is 0 Å². The molecule has 18 heavy (non-hydrogen) atoms. The van der Waals surface area contributed by atoms with E-state index in [-0.39, 0.29) is 6.10 Å². The first kappa shape index (κ1) is 11.8. The average molecular weight is 262 g/mol. The second-order valence-corrected chi connectivity index (χ2v) is 5.14. The van der Waals surface area contributed by atoms with Crippen molar-refractivity contribution in [2.75, 3.05) is 13.1 Å². The molecule has 0 saturated carbocycles. The summed E-state index contributed by atoms with van der Waals surface area (Å²) in [6.45, 7) is 2.03. The Hall–Kier alpha value is -1.25. The van der Waals surface area contributed by atoms with Gasteiger partial charge in [-0.2, -0.15) is 0 Å². The summed E-state index contributed by atoms with van der Waals surface area (Å²) < 4.78 is 6.10. The first-order chi connectivity index (χ1) is 8.83. The van der Waals surface area contributed by atoms with Crippen molar-refractivity contribution in [1.29, 1.82) is 0 Å². The van der Waals surface area contributed by atoms with Crippen LogP contribution in [0.3, 0.4) is 0 Å².